The zero-order chi connectivity index (χ0) is 15.7. The smallest absolute Gasteiger partial charge is 0.258 e. The van der Waals surface area contributed by atoms with Crippen LogP contribution in [-0.2, 0) is 6.54 Å². The maximum Gasteiger partial charge on any atom is 0.258 e. The molecule has 0 atom stereocenters. The molecule has 0 aliphatic heterocycles. The molecule has 22 heavy (non-hydrogen) atoms. The number of hydrogen-bond acceptors (Lipinski definition) is 3. The van der Waals surface area contributed by atoms with Crippen molar-refractivity contribution in [2.75, 3.05) is 5.32 Å². The van der Waals surface area contributed by atoms with E-state index in [1.165, 1.54) is 21.6 Å². The summed E-state index contributed by atoms with van der Waals surface area (Å²) in [6.45, 7) is 4.65. The van der Waals surface area contributed by atoms with Gasteiger partial charge in [0.2, 0.25) is 0 Å². The standard InChI is InChI=1S/C17H16ClN3O/c1-11-3-5-14(7-12(11)2)19-9-15-8-17(22)21-10-13(18)4-6-16(21)20-15/h3-8,10,19H,9H2,1-2H3. The molecular weight excluding hydrogens is 298 g/mol. The van der Waals surface area contributed by atoms with Crippen molar-refractivity contribution in [3.8, 4) is 0 Å². The lowest BCUT2D eigenvalue weighted by Gasteiger charge is -2.09. The van der Waals surface area contributed by atoms with E-state index in [0.717, 1.165) is 5.69 Å². The van der Waals surface area contributed by atoms with Gasteiger partial charge in [-0.05, 0) is 49.2 Å². The lowest BCUT2D eigenvalue weighted by atomic mass is 10.1. The first-order valence-corrected chi connectivity index (χ1v) is 7.40. The summed E-state index contributed by atoms with van der Waals surface area (Å²) < 4.78 is 1.45. The Hall–Kier alpha value is -2.33. The van der Waals surface area contributed by atoms with Crippen molar-refractivity contribution >= 4 is 22.9 Å². The lowest BCUT2D eigenvalue weighted by Crippen LogP contribution is -2.16. The second-order valence-corrected chi connectivity index (χ2v) is 5.75. The van der Waals surface area contributed by atoms with Crippen LogP contribution in [0.2, 0.25) is 5.02 Å². The summed E-state index contributed by atoms with van der Waals surface area (Å²) >= 11 is 5.90. The zero-order valence-corrected chi connectivity index (χ0v) is 13.2. The molecule has 112 valence electrons. The highest BCUT2D eigenvalue weighted by molar-refractivity contribution is 6.30. The van der Waals surface area contributed by atoms with Crippen molar-refractivity contribution in [1.82, 2.24) is 9.38 Å². The van der Waals surface area contributed by atoms with Crippen LogP contribution in [0.1, 0.15) is 16.8 Å². The van der Waals surface area contributed by atoms with Gasteiger partial charge in [0.05, 0.1) is 17.3 Å². The first kappa shape index (κ1) is 14.6. The molecule has 2 heterocycles. The van der Waals surface area contributed by atoms with Crippen molar-refractivity contribution in [2.45, 2.75) is 20.4 Å². The maximum atomic E-state index is 12.1. The van der Waals surface area contributed by atoms with E-state index in [-0.39, 0.29) is 5.56 Å². The van der Waals surface area contributed by atoms with Gasteiger partial charge in [0.25, 0.3) is 5.56 Å². The van der Waals surface area contributed by atoms with Crippen LogP contribution in [0.15, 0.2) is 47.4 Å². The van der Waals surface area contributed by atoms with E-state index in [9.17, 15) is 4.79 Å². The van der Waals surface area contributed by atoms with Crippen molar-refractivity contribution in [3.05, 3.63) is 74.8 Å². The van der Waals surface area contributed by atoms with Gasteiger partial charge >= 0.3 is 0 Å². The molecule has 1 N–H and O–H groups in total. The van der Waals surface area contributed by atoms with Gasteiger partial charge in [-0.1, -0.05) is 17.7 Å². The van der Waals surface area contributed by atoms with E-state index in [2.05, 4.69) is 36.3 Å². The van der Waals surface area contributed by atoms with Crippen LogP contribution >= 0.6 is 11.6 Å². The molecule has 0 amide bonds. The highest BCUT2D eigenvalue weighted by Gasteiger charge is 2.03. The number of nitrogens with zero attached hydrogens (tertiary/aromatic N) is 2. The number of pyridine rings is 1. The van der Waals surface area contributed by atoms with Crippen molar-refractivity contribution in [1.29, 1.82) is 0 Å². The highest BCUT2D eigenvalue weighted by Crippen LogP contribution is 2.15. The molecule has 0 aliphatic carbocycles. The summed E-state index contributed by atoms with van der Waals surface area (Å²) in [5.74, 6) is 0. The second-order valence-electron chi connectivity index (χ2n) is 5.31. The third-order valence-electron chi connectivity index (χ3n) is 3.66. The molecule has 0 bridgehead atoms. The fraction of sp³-hybridized carbons (Fsp3) is 0.176. The summed E-state index contributed by atoms with van der Waals surface area (Å²) in [5.41, 5.74) is 4.65. The molecule has 3 aromatic rings. The van der Waals surface area contributed by atoms with Crippen LogP contribution in [0.25, 0.3) is 5.65 Å². The normalized spacial score (nSPS) is 10.9. The fourth-order valence-corrected chi connectivity index (χ4v) is 2.42. The van der Waals surface area contributed by atoms with Gasteiger partial charge in [0.15, 0.2) is 0 Å². The van der Waals surface area contributed by atoms with Gasteiger partial charge in [-0.3, -0.25) is 9.20 Å². The molecule has 4 nitrogen and oxygen atoms in total. The number of anilines is 1. The Kier molecular flexibility index (Phi) is 3.86. The van der Waals surface area contributed by atoms with Crippen LogP contribution in [0.3, 0.4) is 0 Å². The molecule has 0 saturated heterocycles. The van der Waals surface area contributed by atoms with Crippen LogP contribution in [0, 0.1) is 13.8 Å². The third kappa shape index (κ3) is 2.97. The van der Waals surface area contributed by atoms with Crippen LogP contribution in [-0.4, -0.2) is 9.38 Å². The topological polar surface area (TPSA) is 46.4 Å². The molecule has 5 heteroatoms. The summed E-state index contributed by atoms with van der Waals surface area (Å²) in [7, 11) is 0. The third-order valence-corrected chi connectivity index (χ3v) is 3.88. The van der Waals surface area contributed by atoms with Crippen LogP contribution in [0.4, 0.5) is 5.69 Å². The minimum Gasteiger partial charge on any atom is -0.379 e. The van der Waals surface area contributed by atoms with Crippen molar-refractivity contribution in [2.24, 2.45) is 0 Å². The molecule has 0 radical (unpaired) electrons. The van der Waals surface area contributed by atoms with Gasteiger partial charge in [0, 0.05) is 18.0 Å². The average Bonchev–Trinajstić information content (AvgIpc) is 2.49. The summed E-state index contributed by atoms with van der Waals surface area (Å²) in [4.78, 5) is 16.6. The van der Waals surface area contributed by atoms with E-state index < -0.39 is 0 Å². The molecule has 3 rings (SSSR count). The minimum absolute atomic E-state index is 0.135. The van der Waals surface area contributed by atoms with Crippen molar-refractivity contribution in [3.63, 3.8) is 0 Å². The molecule has 0 unspecified atom stereocenters. The number of hydrogen-bond donors (Lipinski definition) is 1. The first-order valence-electron chi connectivity index (χ1n) is 7.02. The SMILES string of the molecule is Cc1ccc(NCc2cc(=O)n3cc(Cl)ccc3n2)cc1C. The fourth-order valence-electron chi connectivity index (χ4n) is 2.26. The number of benzene rings is 1. The van der Waals surface area contributed by atoms with Gasteiger partial charge in [-0.15, -0.1) is 0 Å². The Morgan fingerprint density at radius 2 is 1.95 bits per heavy atom. The number of rotatable bonds is 3. The molecule has 0 fully saturated rings. The summed E-state index contributed by atoms with van der Waals surface area (Å²) in [6.07, 6.45) is 1.58. The number of aromatic nitrogens is 2. The highest BCUT2D eigenvalue weighted by atomic mass is 35.5. The molecule has 0 aliphatic rings. The number of aryl methyl sites for hydroxylation is 2. The Labute approximate surface area is 133 Å². The second kappa shape index (κ2) is 5.81. The molecule has 1 aromatic carbocycles. The minimum atomic E-state index is -0.135. The van der Waals surface area contributed by atoms with Gasteiger partial charge in [0.1, 0.15) is 5.65 Å². The Balaban J connectivity index is 1.86. The predicted octanol–water partition coefficient (Wildman–Crippen LogP) is 3.58. The molecule has 0 saturated carbocycles. The first-order chi connectivity index (χ1) is 10.5. The molecule has 2 aromatic heterocycles. The van der Waals surface area contributed by atoms with Gasteiger partial charge < -0.3 is 5.32 Å². The van der Waals surface area contributed by atoms with Gasteiger partial charge in [-0.2, -0.15) is 0 Å². The number of fused-ring (bicyclic) bond motifs is 1. The Bertz CT molecular complexity index is 902. The monoisotopic (exact) mass is 313 g/mol. The van der Waals surface area contributed by atoms with E-state index in [1.54, 1.807) is 18.3 Å². The number of halogens is 1. The van der Waals surface area contributed by atoms with Crippen LogP contribution in [0.5, 0.6) is 0 Å². The van der Waals surface area contributed by atoms with Gasteiger partial charge in [-0.25, -0.2) is 4.98 Å². The Morgan fingerprint density at radius 3 is 2.73 bits per heavy atom. The number of nitrogens with one attached hydrogen (secondary N) is 1. The van der Waals surface area contributed by atoms with E-state index in [1.807, 2.05) is 6.07 Å². The predicted molar refractivity (Wildman–Crippen MR) is 89.7 cm³/mol. The van der Waals surface area contributed by atoms with Crippen LogP contribution < -0.4 is 10.9 Å². The molecular formula is C17H16ClN3O. The summed E-state index contributed by atoms with van der Waals surface area (Å²) in [6, 6.07) is 11.2. The van der Waals surface area contributed by atoms with E-state index >= 15 is 0 Å². The van der Waals surface area contributed by atoms with E-state index in [4.69, 9.17) is 11.6 Å². The lowest BCUT2D eigenvalue weighted by molar-refractivity contribution is 0.971. The largest absolute Gasteiger partial charge is 0.379 e. The maximum absolute atomic E-state index is 12.1. The quantitative estimate of drug-likeness (QED) is 0.804. The summed E-state index contributed by atoms with van der Waals surface area (Å²) in [5, 5.41) is 3.81. The van der Waals surface area contributed by atoms with Crippen molar-refractivity contribution < 1.29 is 0 Å². The average molecular weight is 314 g/mol. The van der Waals surface area contributed by atoms with E-state index in [0.29, 0.717) is 22.9 Å². The molecule has 0 spiro atoms. The Morgan fingerprint density at radius 1 is 1.14 bits per heavy atom. The zero-order valence-electron chi connectivity index (χ0n) is 12.4.